The Labute approximate surface area is 120 Å². The largest absolute Gasteiger partial charge is 0.478 e. The Hall–Kier alpha value is -1.73. The number of nitrogens with zero attached hydrogens (tertiary/aromatic N) is 3. The SMILES string of the molecule is Cc1nc2scc(C(=O)O)c2c(=O)n1CCCN(C)C. The second-order valence-electron chi connectivity index (χ2n) is 4.91. The molecule has 0 fully saturated rings. The van der Waals surface area contributed by atoms with Crippen LogP contribution in [0.3, 0.4) is 0 Å². The molecule has 0 atom stereocenters. The Balaban J connectivity index is 2.47. The van der Waals surface area contributed by atoms with E-state index >= 15 is 0 Å². The average molecular weight is 295 g/mol. The van der Waals surface area contributed by atoms with Crippen LogP contribution in [0, 0.1) is 6.92 Å². The number of hydrogen-bond acceptors (Lipinski definition) is 5. The molecule has 7 heteroatoms. The maximum absolute atomic E-state index is 12.5. The molecule has 0 aliphatic heterocycles. The van der Waals surface area contributed by atoms with Crippen LogP contribution < -0.4 is 5.56 Å². The number of carboxylic acid groups (broad SMARTS) is 1. The first kappa shape index (κ1) is 14.7. The smallest absolute Gasteiger partial charge is 0.337 e. The van der Waals surface area contributed by atoms with E-state index in [1.54, 1.807) is 11.5 Å². The molecule has 0 aliphatic rings. The maximum atomic E-state index is 12.5. The lowest BCUT2D eigenvalue weighted by atomic mass is 10.2. The van der Waals surface area contributed by atoms with Gasteiger partial charge in [0.2, 0.25) is 0 Å². The fourth-order valence-corrected chi connectivity index (χ4v) is 3.04. The van der Waals surface area contributed by atoms with Crippen LogP contribution in [-0.2, 0) is 6.54 Å². The first-order valence-electron chi connectivity index (χ1n) is 6.28. The van der Waals surface area contributed by atoms with Crippen molar-refractivity contribution in [1.82, 2.24) is 14.5 Å². The monoisotopic (exact) mass is 295 g/mol. The summed E-state index contributed by atoms with van der Waals surface area (Å²) >= 11 is 1.19. The first-order chi connectivity index (χ1) is 9.41. The summed E-state index contributed by atoms with van der Waals surface area (Å²) in [4.78, 5) is 30.5. The number of aromatic carboxylic acids is 1. The van der Waals surface area contributed by atoms with Gasteiger partial charge in [0.05, 0.1) is 10.9 Å². The Morgan fingerprint density at radius 2 is 2.20 bits per heavy atom. The zero-order chi connectivity index (χ0) is 14.9. The van der Waals surface area contributed by atoms with Gasteiger partial charge in [-0.3, -0.25) is 9.36 Å². The van der Waals surface area contributed by atoms with Crippen molar-refractivity contribution >= 4 is 27.5 Å². The van der Waals surface area contributed by atoms with Gasteiger partial charge in [-0.2, -0.15) is 0 Å². The summed E-state index contributed by atoms with van der Waals surface area (Å²) < 4.78 is 1.56. The molecule has 0 amide bonds. The number of carbonyl (C=O) groups is 1. The lowest BCUT2D eigenvalue weighted by Crippen LogP contribution is -2.26. The normalized spacial score (nSPS) is 11.4. The fourth-order valence-electron chi connectivity index (χ4n) is 2.09. The van der Waals surface area contributed by atoms with Crippen LogP contribution in [0.2, 0.25) is 0 Å². The average Bonchev–Trinajstić information content (AvgIpc) is 2.76. The van der Waals surface area contributed by atoms with Crippen molar-refractivity contribution in [3.63, 3.8) is 0 Å². The molecule has 0 saturated carbocycles. The highest BCUT2D eigenvalue weighted by Gasteiger charge is 2.17. The molecule has 2 heterocycles. The van der Waals surface area contributed by atoms with Crippen LogP contribution >= 0.6 is 11.3 Å². The van der Waals surface area contributed by atoms with Gasteiger partial charge in [-0.1, -0.05) is 0 Å². The van der Waals surface area contributed by atoms with Gasteiger partial charge in [0.25, 0.3) is 5.56 Å². The summed E-state index contributed by atoms with van der Waals surface area (Å²) in [6, 6.07) is 0. The molecule has 0 radical (unpaired) electrons. The van der Waals surface area contributed by atoms with E-state index in [1.165, 1.54) is 16.7 Å². The molecule has 0 spiro atoms. The molecule has 0 saturated heterocycles. The first-order valence-corrected chi connectivity index (χ1v) is 7.16. The number of fused-ring (bicyclic) bond motifs is 1. The number of hydrogen-bond donors (Lipinski definition) is 1. The molecule has 2 aromatic heterocycles. The fraction of sp³-hybridized carbons (Fsp3) is 0.462. The van der Waals surface area contributed by atoms with Gasteiger partial charge in [0.1, 0.15) is 10.7 Å². The second kappa shape index (κ2) is 5.72. The predicted octanol–water partition coefficient (Wildman–Crippen LogP) is 1.42. The standard InChI is InChI=1S/C13H17N3O3S/c1-8-14-11-10(9(7-20-11)13(18)19)12(17)16(8)6-4-5-15(2)3/h7H,4-6H2,1-3H3,(H,18,19). The highest BCUT2D eigenvalue weighted by atomic mass is 32.1. The lowest BCUT2D eigenvalue weighted by molar-refractivity contribution is 0.0699. The van der Waals surface area contributed by atoms with Crippen molar-refractivity contribution in [2.45, 2.75) is 19.9 Å². The van der Waals surface area contributed by atoms with Crippen molar-refractivity contribution < 1.29 is 9.90 Å². The molecule has 0 aromatic carbocycles. The molecule has 0 aliphatic carbocycles. The van der Waals surface area contributed by atoms with Gasteiger partial charge >= 0.3 is 5.97 Å². The summed E-state index contributed by atoms with van der Waals surface area (Å²) in [6.07, 6.45) is 0.813. The highest BCUT2D eigenvalue weighted by Crippen LogP contribution is 2.21. The van der Waals surface area contributed by atoms with Gasteiger partial charge < -0.3 is 10.0 Å². The van der Waals surface area contributed by atoms with E-state index in [9.17, 15) is 9.59 Å². The van der Waals surface area contributed by atoms with Crippen LogP contribution in [0.15, 0.2) is 10.2 Å². The molecule has 0 bridgehead atoms. The molecular weight excluding hydrogens is 278 g/mol. The summed E-state index contributed by atoms with van der Waals surface area (Å²) in [5, 5.41) is 10.8. The van der Waals surface area contributed by atoms with Crippen molar-refractivity contribution in [2.24, 2.45) is 0 Å². The quantitative estimate of drug-likeness (QED) is 0.903. The molecule has 20 heavy (non-hydrogen) atoms. The van der Waals surface area contributed by atoms with Crippen molar-refractivity contribution in [1.29, 1.82) is 0 Å². The van der Waals surface area contributed by atoms with Gasteiger partial charge in [-0.25, -0.2) is 9.78 Å². The van der Waals surface area contributed by atoms with Crippen LogP contribution in [-0.4, -0.2) is 46.2 Å². The van der Waals surface area contributed by atoms with Crippen LogP contribution in [0.4, 0.5) is 0 Å². The summed E-state index contributed by atoms with van der Waals surface area (Å²) in [6.45, 7) is 3.18. The van der Waals surface area contributed by atoms with Gasteiger partial charge in [0, 0.05) is 11.9 Å². The maximum Gasteiger partial charge on any atom is 0.337 e. The number of aryl methyl sites for hydroxylation is 1. The molecular formula is C13H17N3O3S. The van der Waals surface area contributed by atoms with Crippen molar-refractivity contribution in [2.75, 3.05) is 20.6 Å². The minimum absolute atomic E-state index is 0.0452. The lowest BCUT2D eigenvalue weighted by Gasteiger charge is -2.12. The topological polar surface area (TPSA) is 75.4 Å². The third-order valence-electron chi connectivity index (χ3n) is 3.10. The summed E-state index contributed by atoms with van der Waals surface area (Å²) in [5.41, 5.74) is -0.214. The van der Waals surface area contributed by atoms with E-state index in [0.29, 0.717) is 17.2 Å². The molecule has 108 valence electrons. The minimum atomic E-state index is -1.08. The number of aromatic nitrogens is 2. The van der Waals surface area contributed by atoms with E-state index in [1.807, 2.05) is 19.0 Å². The van der Waals surface area contributed by atoms with Crippen molar-refractivity contribution in [3.05, 3.63) is 27.1 Å². The zero-order valence-electron chi connectivity index (χ0n) is 11.7. The zero-order valence-corrected chi connectivity index (χ0v) is 12.5. The van der Waals surface area contributed by atoms with Gasteiger partial charge in [-0.05, 0) is 34.0 Å². The summed E-state index contributed by atoms with van der Waals surface area (Å²) in [7, 11) is 3.94. The highest BCUT2D eigenvalue weighted by molar-refractivity contribution is 7.17. The Kier molecular flexibility index (Phi) is 4.20. The third kappa shape index (κ3) is 2.73. The number of carboxylic acids is 1. The Morgan fingerprint density at radius 3 is 2.80 bits per heavy atom. The molecule has 0 unspecified atom stereocenters. The van der Waals surface area contributed by atoms with Gasteiger partial charge in [-0.15, -0.1) is 11.3 Å². The summed E-state index contributed by atoms with van der Waals surface area (Å²) in [5.74, 6) is -0.459. The molecule has 2 rings (SSSR count). The van der Waals surface area contributed by atoms with E-state index in [2.05, 4.69) is 4.98 Å². The van der Waals surface area contributed by atoms with Crippen molar-refractivity contribution in [3.8, 4) is 0 Å². The van der Waals surface area contributed by atoms with E-state index < -0.39 is 5.97 Å². The Morgan fingerprint density at radius 1 is 1.50 bits per heavy atom. The molecule has 1 N–H and O–H groups in total. The minimum Gasteiger partial charge on any atom is -0.478 e. The Bertz CT molecular complexity index is 703. The second-order valence-corrected chi connectivity index (χ2v) is 5.77. The van der Waals surface area contributed by atoms with E-state index in [-0.39, 0.29) is 16.5 Å². The molecule has 2 aromatic rings. The van der Waals surface area contributed by atoms with Crippen LogP contribution in [0.25, 0.3) is 10.2 Å². The van der Waals surface area contributed by atoms with Crippen LogP contribution in [0.5, 0.6) is 0 Å². The number of rotatable bonds is 5. The van der Waals surface area contributed by atoms with E-state index in [4.69, 9.17) is 5.11 Å². The third-order valence-corrected chi connectivity index (χ3v) is 3.97. The predicted molar refractivity (Wildman–Crippen MR) is 78.7 cm³/mol. The van der Waals surface area contributed by atoms with Crippen LogP contribution in [0.1, 0.15) is 22.6 Å². The van der Waals surface area contributed by atoms with E-state index in [0.717, 1.165) is 13.0 Å². The molecule has 6 nitrogen and oxygen atoms in total. The van der Waals surface area contributed by atoms with Gasteiger partial charge in [0.15, 0.2) is 0 Å². The number of thiophene rings is 1.